The van der Waals surface area contributed by atoms with Crippen LogP contribution in [0.4, 0.5) is 0 Å². The summed E-state index contributed by atoms with van der Waals surface area (Å²) >= 11 is 5.75. The summed E-state index contributed by atoms with van der Waals surface area (Å²) in [5.41, 5.74) is 0. The van der Waals surface area contributed by atoms with E-state index in [0.29, 0.717) is 10.8 Å². The van der Waals surface area contributed by atoms with Gasteiger partial charge in [0.05, 0.1) is 5.92 Å². The minimum Gasteiger partial charge on any atom is -0.493 e. The molecule has 0 saturated carbocycles. The van der Waals surface area contributed by atoms with E-state index in [1.807, 2.05) is 0 Å². The molecule has 0 saturated heterocycles. The van der Waals surface area contributed by atoms with E-state index in [4.69, 9.17) is 26.6 Å². The summed E-state index contributed by atoms with van der Waals surface area (Å²) in [4.78, 5) is 10.8. The lowest BCUT2D eigenvalue weighted by atomic mass is 10.1. The first kappa shape index (κ1) is 12.8. The van der Waals surface area contributed by atoms with Crippen molar-refractivity contribution in [3.05, 3.63) is 29.3 Å². The van der Waals surface area contributed by atoms with Crippen molar-refractivity contribution in [3.63, 3.8) is 0 Å². The van der Waals surface area contributed by atoms with Crippen molar-refractivity contribution in [2.75, 3.05) is 13.2 Å². The van der Waals surface area contributed by atoms with E-state index >= 15 is 0 Å². The summed E-state index contributed by atoms with van der Waals surface area (Å²) < 4.78 is 5.29. The third-order valence-electron chi connectivity index (χ3n) is 2.07. The molecule has 0 amide bonds. The second-order valence-electron chi connectivity index (χ2n) is 3.32. The Morgan fingerprint density at radius 1 is 1.50 bits per heavy atom. The Bertz CT molecular complexity index is 354. The predicted molar refractivity (Wildman–Crippen MR) is 59.8 cm³/mol. The van der Waals surface area contributed by atoms with Gasteiger partial charge in [-0.25, -0.2) is 0 Å². The molecule has 0 fully saturated rings. The smallest absolute Gasteiger partial charge is 0.310 e. The molecule has 2 N–H and O–H groups in total. The van der Waals surface area contributed by atoms with E-state index in [2.05, 4.69) is 0 Å². The number of hydrogen-bond donors (Lipinski definition) is 2. The lowest BCUT2D eigenvalue weighted by Gasteiger charge is -2.12. The van der Waals surface area contributed by atoms with Gasteiger partial charge in [0.2, 0.25) is 0 Å². The summed E-state index contributed by atoms with van der Waals surface area (Å²) in [5.74, 6) is -1.16. The summed E-state index contributed by atoms with van der Waals surface area (Å²) in [6, 6.07) is 6.74. The maximum absolute atomic E-state index is 10.8. The molecule has 5 heteroatoms. The molecule has 88 valence electrons. The summed E-state index contributed by atoms with van der Waals surface area (Å²) in [6.07, 6.45) is 0.176. The number of benzene rings is 1. The van der Waals surface area contributed by atoms with Gasteiger partial charge in [-0.05, 0) is 24.6 Å². The first-order valence-corrected chi connectivity index (χ1v) is 5.23. The molecule has 1 aromatic rings. The van der Waals surface area contributed by atoms with Gasteiger partial charge in [-0.1, -0.05) is 17.7 Å². The number of carboxylic acids is 1. The standard InChI is InChI=1S/C11H13ClO4/c12-9-2-1-3-10(6-9)16-7-8(4-5-13)11(14)15/h1-3,6,8,13H,4-5,7H2,(H,14,15). The van der Waals surface area contributed by atoms with Crippen molar-refractivity contribution in [1.82, 2.24) is 0 Å². The van der Waals surface area contributed by atoms with Crippen LogP contribution in [0.25, 0.3) is 0 Å². The maximum atomic E-state index is 10.8. The van der Waals surface area contributed by atoms with Crippen molar-refractivity contribution < 1.29 is 19.7 Å². The van der Waals surface area contributed by atoms with Crippen molar-refractivity contribution >= 4 is 17.6 Å². The molecule has 0 aromatic heterocycles. The summed E-state index contributed by atoms with van der Waals surface area (Å²) in [5, 5.41) is 18.0. The fraction of sp³-hybridized carbons (Fsp3) is 0.364. The zero-order chi connectivity index (χ0) is 12.0. The number of carbonyl (C=O) groups is 1. The monoisotopic (exact) mass is 244 g/mol. The number of halogens is 1. The van der Waals surface area contributed by atoms with Gasteiger partial charge in [-0.2, -0.15) is 0 Å². The number of aliphatic hydroxyl groups excluding tert-OH is 1. The van der Waals surface area contributed by atoms with Gasteiger partial charge < -0.3 is 14.9 Å². The highest BCUT2D eigenvalue weighted by Crippen LogP contribution is 2.18. The molecule has 1 atom stereocenters. The van der Waals surface area contributed by atoms with Crippen molar-refractivity contribution in [1.29, 1.82) is 0 Å². The maximum Gasteiger partial charge on any atom is 0.310 e. The van der Waals surface area contributed by atoms with E-state index < -0.39 is 11.9 Å². The van der Waals surface area contributed by atoms with Gasteiger partial charge in [0.25, 0.3) is 0 Å². The van der Waals surface area contributed by atoms with Gasteiger partial charge >= 0.3 is 5.97 Å². The normalized spacial score (nSPS) is 12.1. The highest BCUT2D eigenvalue weighted by molar-refractivity contribution is 6.30. The number of aliphatic hydroxyl groups is 1. The molecular weight excluding hydrogens is 232 g/mol. The van der Waals surface area contributed by atoms with Gasteiger partial charge in [-0.3, -0.25) is 4.79 Å². The third-order valence-corrected chi connectivity index (χ3v) is 2.31. The van der Waals surface area contributed by atoms with Crippen LogP contribution in [-0.4, -0.2) is 29.4 Å². The van der Waals surface area contributed by atoms with Gasteiger partial charge in [0.1, 0.15) is 12.4 Å². The van der Waals surface area contributed by atoms with E-state index in [-0.39, 0.29) is 19.6 Å². The highest BCUT2D eigenvalue weighted by atomic mass is 35.5. The second-order valence-corrected chi connectivity index (χ2v) is 3.75. The summed E-state index contributed by atoms with van der Waals surface area (Å²) in [7, 11) is 0. The summed E-state index contributed by atoms with van der Waals surface area (Å²) in [6.45, 7) is -0.147. The van der Waals surface area contributed by atoms with Gasteiger partial charge in [-0.15, -0.1) is 0 Å². The highest BCUT2D eigenvalue weighted by Gasteiger charge is 2.17. The molecule has 1 rings (SSSR count). The molecule has 16 heavy (non-hydrogen) atoms. The number of aliphatic carboxylic acids is 1. The van der Waals surface area contributed by atoms with Crippen molar-refractivity contribution in [3.8, 4) is 5.75 Å². The minimum atomic E-state index is -0.976. The van der Waals surface area contributed by atoms with Crippen molar-refractivity contribution in [2.24, 2.45) is 5.92 Å². The lowest BCUT2D eigenvalue weighted by molar-refractivity contribution is -0.143. The molecule has 0 heterocycles. The van der Waals surface area contributed by atoms with E-state index in [1.54, 1.807) is 24.3 Å². The second kappa shape index (κ2) is 6.35. The average molecular weight is 245 g/mol. The SMILES string of the molecule is O=C(O)C(CCO)COc1cccc(Cl)c1. The molecule has 1 unspecified atom stereocenters. The Morgan fingerprint density at radius 3 is 2.81 bits per heavy atom. The minimum absolute atomic E-state index is 0.0240. The molecular formula is C11H13ClO4. The van der Waals surface area contributed by atoms with Gasteiger partial charge in [0.15, 0.2) is 0 Å². The Balaban J connectivity index is 2.51. The molecule has 0 radical (unpaired) electrons. The fourth-order valence-corrected chi connectivity index (χ4v) is 1.37. The topological polar surface area (TPSA) is 66.8 Å². The van der Waals surface area contributed by atoms with Crippen LogP contribution in [0.3, 0.4) is 0 Å². The number of rotatable bonds is 6. The van der Waals surface area contributed by atoms with E-state index in [1.165, 1.54) is 0 Å². The average Bonchev–Trinajstić information content (AvgIpc) is 2.24. The third kappa shape index (κ3) is 4.08. The van der Waals surface area contributed by atoms with Crippen molar-refractivity contribution in [2.45, 2.75) is 6.42 Å². The van der Waals surface area contributed by atoms with Crippen LogP contribution in [0.1, 0.15) is 6.42 Å². The molecule has 0 aliphatic rings. The van der Waals surface area contributed by atoms with Crippen LogP contribution in [0.5, 0.6) is 5.75 Å². The van der Waals surface area contributed by atoms with Crippen LogP contribution >= 0.6 is 11.6 Å². The number of carboxylic acid groups (broad SMARTS) is 1. The van der Waals surface area contributed by atoms with Crippen LogP contribution in [0.2, 0.25) is 5.02 Å². The zero-order valence-electron chi connectivity index (χ0n) is 8.60. The molecule has 0 spiro atoms. The van der Waals surface area contributed by atoms with Crippen LogP contribution in [0.15, 0.2) is 24.3 Å². The molecule has 1 aromatic carbocycles. The largest absolute Gasteiger partial charge is 0.493 e. The first-order valence-electron chi connectivity index (χ1n) is 4.85. The predicted octanol–water partition coefficient (Wildman–Crippen LogP) is 1.80. The zero-order valence-corrected chi connectivity index (χ0v) is 9.35. The molecule has 4 nitrogen and oxygen atoms in total. The lowest BCUT2D eigenvalue weighted by Crippen LogP contribution is -2.22. The van der Waals surface area contributed by atoms with E-state index in [0.717, 1.165) is 0 Å². The van der Waals surface area contributed by atoms with Crippen LogP contribution in [0, 0.1) is 5.92 Å². The molecule has 0 aliphatic carbocycles. The molecule has 0 aliphatic heterocycles. The Hall–Kier alpha value is -1.26. The molecule has 0 bridgehead atoms. The van der Waals surface area contributed by atoms with Gasteiger partial charge in [0, 0.05) is 11.6 Å². The van der Waals surface area contributed by atoms with Crippen LogP contribution < -0.4 is 4.74 Å². The van der Waals surface area contributed by atoms with Crippen LogP contribution in [-0.2, 0) is 4.79 Å². The fourth-order valence-electron chi connectivity index (χ4n) is 1.19. The first-order chi connectivity index (χ1) is 7.63. The Labute approximate surface area is 98.4 Å². The number of hydrogen-bond acceptors (Lipinski definition) is 3. The quantitative estimate of drug-likeness (QED) is 0.801. The Kier molecular flexibility index (Phi) is 5.08. The number of ether oxygens (including phenoxy) is 1. The van der Waals surface area contributed by atoms with E-state index in [9.17, 15) is 4.79 Å². The Morgan fingerprint density at radius 2 is 2.25 bits per heavy atom.